The van der Waals surface area contributed by atoms with Gasteiger partial charge in [-0.25, -0.2) is 4.90 Å². The van der Waals surface area contributed by atoms with E-state index in [9.17, 15) is 19.2 Å². The number of aromatic nitrogens is 1. The molecule has 1 N–H and O–H groups in total. The van der Waals surface area contributed by atoms with Crippen LogP contribution in [0.2, 0.25) is 0 Å². The number of pyridine rings is 1. The van der Waals surface area contributed by atoms with Gasteiger partial charge in [0.25, 0.3) is 11.8 Å². The van der Waals surface area contributed by atoms with Gasteiger partial charge in [-0.3, -0.25) is 24.2 Å². The molecular weight excluding hydrogens is 448 g/mol. The van der Waals surface area contributed by atoms with Crippen LogP contribution in [0.3, 0.4) is 0 Å². The molecular formula is C26H24N4O5. The topological polar surface area (TPSA) is 109 Å². The molecule has 1 unspecified atom stereocenters. The van der Waals surface area contributed by atoms with Gasteiger partial charge in [0, 0.05) is 31.5 Å². The van der Waals surface area contributed by atoms with Gasteiger partial charge in [0.1, 0.15) is 11.8 Å². The lowest BCUT2D eigenvalue weighted by atomic mass is 10.1. The molecule has 9 nitrogen and oxygen atoms in total. The van der Waals surface area contributed by atoms with Crippen LogP contribution in [0.1, 0.15) is 18.9 Å². The SMILES string of the molecule is CC(=O)Nc1ccc(N2C(=O)CC(N(Cc3cccnc3)C(=O)COc3ccccc3)C2=O)cc1. The van der Waals surface area contributed by atoms with Crippen molar-refractivity contribution in [1.82, 2.24) is 9.88 Å². The van der Waals surface area contributed by atoms with E-state index in [0.29, 0.717) is 17.1 Å². The number of nitrogens with one attached hydrogen (secondary N) is 1. The van der Waals surface area contributed by atoms with E-state index in [-0.39, 0.29) is 25.5 Å². The number of rotatable bonds is 8. The van der Waals surface area contributed by atoms with Crippen molar-refractivity contribution in [3.8, 4) is 5.75 Å². The summed E-state index contributed by atoms with van der Waals surface area (Å²) in [6.45, 7) is 1.21. The van der Waals surface area contributed by atoms with Crippen LogP contribution in [0.4, 0.5) is 11.4 Å². The zero-order chi connectivity index (χ0) is 24.8. The summed E-state index contributed by atoms with van der Waals surface area (Å²) < 4.78 is 5.61. The van der Waals surface area contributed by atoms with Gasteiger partial charge in [0.2, 0.25) is 11.8 Å². The lowest BCUT2D eigenvalue weighted by molar-refractivity contribution is -0.140. The highest BCUT2D eigenvalue weighted by Crippen LogP contribution is 2.28. The molecule has 0 spiro atoms. The van der Waals surface area contributed by atoms with Crippen molar-refractivity contribution >= 4 is 35.0 Å². The smallest absolute Gasteiger partial charge is 0.261 e. The number of para-hydroxylation sites is 1. The summed E-state index contributed by atoms with van der Waals surface area (Å²) in [7, 11) is 0. The standard InChI is InChI=1S/C26H24N4O5/c1-18(31)28-20-9-11-21(12-10-20)30-24(32)14-23(26(30)34)29(16-19-6-5-13-27-15-19)25(33)17-35-22-7-3-2-4-8-22/h2-13,15,23H,14,16-17H2,1H3,(H,28,31). The second kappa shape index (κ2) is 10.6. The van der Waals surface area contributed by atoms with E-state index in [1.165, 1.54) is 11.8 Å². The number of hydrogen-bond donors (Lipinski definition) is 1. The maximum absolute atomic E-state index is 13.4. The van der Waals surface area contributed by atoms with Gasteiger partial charge in [0.15, 0.2) is 6.61 Å². The minimum absolute atomic E-state index is 0.101. The van der Waals surface area contributed by atoms with Crippen molar-refractivity contribution in [1.29, 1.82) is 0 Å². The van der Waals surface area contributed by atoms with Gasteiger partial charge in [-0.15, -0.1) is 0 Å². The summed E-state index contributed by atoms with van der Waals surface area (Å²) in [6.07, 6.45) is 3.08. The molecule has 1 fully saturated rings. The second-order valence-electron chi connectivity index (χ2n) is 8.00. The number of hydrogen-bond acceptors (Lipinski definition) is 6. The van der Waals surface area contributed by atoms with Gasteiger partial charge in [-0.1, -0.05) is 24.3 Å². The van der Waals surface area contributed by atoms with Gasteiger partial charge in [-0.05, 0) is 48.0 Å². The van der Waals surface area contributed by atoms with Crippen molar-refractivity contribution in [2.24, 2.45) is 0 Å². The monoisotopic (exact) mass is 472 g/mol. The molecule has 4 rings (SSSR count). The predicted molar refractivity (Wildman–Crippen MR) is 128 cm³/mol. The first kappa shape index (κ1) is 23.6. The van der Waals surface area contributed by atoms with E-state index in [4.69, 9.17) is 4.74 Å². The highest BCUT2D eigenvalue weighted by Gasteiger charge is 2.44. The van der Waals surface area contributed by atoms with Crippen LogP contribution in [0.25, 0.3) is 0 Å². The molecule has 1 aromatic heterocycles. The molecule has 3 aromatic rings. The number of anilines is 2. The number of imide groups is 1. The minimum atomic E-state index is -0.982. The Morgan fingerprint density at radius 2 is 1.80 bits per heavy atom. The van der Waals surface area contributed by atoms with Crippen molar-refractivity contribution in [2.75, 3.05) is 16.8 Å². The Balaban J connectivity index is 1.55. The van der Waals surface area contributed by atoms with Crippen LogP contribution >= 0.6 is 0 Å². The summed E-state index contributed by atoms with van der Waals surface area (Å²) in [4.78, 5) is 57.2. The van der Waals surface area contributed by atoms with Gasteiger partial charge < -0.3 is 15.0 Å². The van der Waals surface area contributed by atoms with E-state index in [2.05, 4.69) is 10.3 Å². The van der Waals surface area contributed by atoms with E-state index < -0.39 is 23.8 Å². The number of benzene rings is 2. The van der Waals surface area contributed by atoms with E-state index in [0.717, 1.165) is 10.5 Å². The van der Waals surface area contributed by atoms with E-state index in [1.807, 2.05) is 6.07 Å². The first-order valence-electron chi connectivity index (χ1n) is 11.0. The average Bonchev–Trinajstić information content (AvgIpc) is 3.16. The minimum Gasteiger partial charge on any atom is -0.484 e. The van der Waals surface area contributed by atoms with Crippen molar-refractivity contribution in [2.45, 2.75) is 25.9 Å². The zero-order valence-corrected chi connectivity index (χ0v) is 19.1. The van der Waals surface area contributed by atoms with Gasteiger partial charge in [0.05, 0.1) is 12.1 Å². The van der Waals surface area contributed by atoms with Crippen LogP contribution in [0.5, 0.6) is 5.75 Å². The highest BCUT2D eigenvalue weighted by molar-refractivity contribution is 6.23. The Kier molecular flexibility index (Phi) is 7.15. The molecule has 9 heteroatoms. The van der Waals surface area contributed by atoms with Crippen LogP contribution in [0.15, 0.2) is 79.1 Å². The molecule has 0 bridgehead atoms. The largest absolute Gasteiger partial charge is 0.484 e. The fourth-order valence-corrected chi connectivity index (χ4v) is 3.83. The maximum Gasteiger partial charge on any atom is 0.261 e. The molecule has 2 aromatic carbocycles. The fourth-order valence-electron chi connectivity index (χ4n) is 3.83. The second-order valence-corrected chi connectivity index (χ2v) is 8.00. The number of amides is 4. The summed E-state index contributed by atoms with van der Waals surface area (Å²) in [5, 5.41) is 2.64. The normalized spacial score (nSPS) is 15.1. The molecule has 1 saturated heterocycles. The highest BCUT2D eigenvalue weighted by atomic mass is 16.5. The number of ether oxygens (including phenoxy) is 1. The van der Waals surface area contributed by atoms with Crippen LogP contribution in [0, 0.1) is 0 Å². The molecule has 0 radical (unpaired) electrons. The molecule has 1 aliphatic rings. The molecule has 0 saturated carbocycles. The van der Waals surface area contributed by atoms with Gasteiger partial charge >= 0.3 is 0 Å². The third-order valence-corrected chi connectivity index (χ3v) is 5.45. The summed E-state index contributed by atoms with van der Waals surface area (Å²) in [5.41, 5.74) is 1.63. The van der Waals surface area contributed by atoms with Gasteiger partial charge in [-0.2, -0.15) is 0 Å². The summed E-state index contributed by atoms with van der Waals surface area (Å²) in [5.74, 6) is -1.04. The zero-order valence-electron chi connectivity index (χ0n) is 19.1. The molecule has 178 valence electrons. The Bertz CT molecular complexity index is 1220. The summed E-state index contributed by atoms with van der Waals surface area (Å²) in [6, 6.07) is 17.8. The van der Waals surface area contributed by atoms with Crippen LogP contribution in [-0.2, 0) is 25.7 Å². The molecule has 2 heterocycles. The third kappa shape index (κ3) is 5.70. The molecule has 1 atom stereocenters. The Morgan fingerprint density at radius 3 is 2.46 bits per heavy atom. The lowest BCUT2D eigenvalue weighted by Crippen LogP contribution is -2.46. The first-order chi connectivity index (χ1) is 16.9. The number of carbonyl (C=O) groups excluding carboxylic acids is 4. The Morgan fingerprint density at radius 1 is 1.06 bits per heavy atom. The molecule has 35 heavy (non-hydrogen) atoms. The first-order valence-corrected chi connectivity index (χ1v) is 11.0. The third-order valence-electron chi connectivity index (χ3n) is 5.45. The van der Waals surface area contributed by atoms with Crippen molar-refractivity contribution in [3.05, 3.63) is 84.7 Å². The summed E-state index contributed by atoms with van der Waals surface area (Å²) >= 11 is 0. The average molecular weight is 473 g/mol. The lowest BCUT2D eigenvalue weighted by Gasteiger charge is -2.27. The Labute approximate surface area is 202 Å². The van der Waals surface area contributed by atoms with E-state index >= 15 is 0 Å². The predicted octanol–water partition coefficient (Wildman–Crippen LogP) is 2.78. The van der Waals surface area contributed by atoms with Crippen LogP contribution < -0.4 is 15.0 Å². The molecule has 1 aliphatic heterocycles. The maximum atomic E-state index is 13.4. The van der Waals surface area contributed by atoms with E-state index in [1.54, 1.807) is 73.1 Å². The van der Waals surface area contributed by atoms with Crippen molar-refractivity contribution in [3.63, 3.8) is 0 Å². The van der Waals surface area contributed by atoms with Crippen molar-refractivity contribution < 1.29 is 23.9 Å². The quantitative estimate of drug-likeness (QED) is 0.505. The molecule has 0 aliphatic carbocycles. The van der Waals surface area contributed by atoms with Crippen LogP contribution in [-0.4, -0.2) is 46.2 Å². The number of nitrogens with zero attached hydrogens (tertiary/aromatic N) is 3. The fraction of sp³-hybridized carbons (Fsp3) is 0.192. The Hall–Kier alpha value is -4.53. The number of carbonyl (C=O) groups is 4. The molecule has 4 amide bonds.